The van der Waals surface area contributed by atoms with Gasteiger partial charge in [-0.25, -0.2) is 4.31 Å². The highest BCUT2D eigenvalue weighted by Gasteiger charge is 2.26. The minimum absolute atomic E-state index is 0.406. The zero-order valence-corrected chi connectivity index (χ0v) is 16.8. The van der Waals surface area contributed by atoms with E-state index in [1.165, 1.54) is 11.1 Å². The fourth-order valence-corrected chi connectivity index (χ4v) is 2.15. The van der Waals surface area contributed by atoms with E-state index in [1.54, 1.807) is 0 Å². The molecule has 9 nitrogen and oxygen atoms in total. The maximum absolute atomic E-state index is 8.50. The Labute approximate surface area is 165 Å². The van der Waals surface area contributed by atoms with Crippen molar-refractivity contribution in [3.63, 3.8) is 0 Å². The Balaban J connectivity index is 0.000000410. The highest BCUT2D eigenvalue weighted by molar-refractivity contribution is 7.53. The largest absolute Gasteiger partial charge is 0.396 e. The van der Waals surface area contributed by atoms with Crippen LogP contribution in [0.15, 0.2) is 60.7 Å². The first-order chi connectivity index (χ1) is 13.3. The van der Waals surface area contributed by atoms with Crippen molar-refractivity contribution in [2.75, 3.05) is 26.4 Å². The van der Waals surface area contributed by atoms with Crippen molar-refractivity contribution in [2.45, 2.75) is 0 Å². The first-order valence-electron chi connectivity index (χ1n) is 7.92. The monoisotopic (exact) mass is 436 g/mol. The second-order valence-electron chi connectivity index (χ2n) is 5.45. The summed E-state index contributed by atoms with van der Waals surface area (Å²) in [5.74, 6) is 0. The molecule has 0 heterocycles. The van der Waals surface area contributed by atoms with Gasteiger partial charge in [0.05, 0.1) is 31.8 Å². The number of aliphatic hydroxyl groups is 4. The Hall–Kier alpha value is -1.06. The number of rotatable bonds is 7. The lowest BCUT2D eigenvalue weighted by atomic mass is 9.93. The molecule has 2 rings (SSSR count). The quantitative estimate of drug-likeness (QED) is 0.291. The highest BCUT2D eigenvalue weighted by Crippen LogP contribution is 2.41. The lowest BCUT2D eigenvalue weighted by Crippen LogP contribution is -2.37. The van der Waals surface area contributed by atoms with Crippen molar-refractivity contribution in [3.8, 4) is 11.1 Å². The number of benzene rings is 2. The normalized spacial score (nSPS) is 10.8. The van der Waals surface area contributed by atoms with Crippen LogP contribution < -0.4 is 0 Å². The summed E-state index contributed by atoms with van der Waals surface area (Å²) in [6.45, 7) is -1.62. The summed E-state index contributed by atoms with van der Waals surface area (Å²) in [5, 5.41) is 34.0. The predicted octanol–water partition coefficient (Wildman–Crippen LogP) is 0.722. The third-order valence-electron chi connectivity index (χ3n) is 3.37. The predicted molar refractivity (Wildman–Crippen MR) is 106 cm³/mol. The minimum atomic E-state index is -2.61. The van der Waals surface area contributed by atoms with Crippen molar-refractivity contribution >= 4 is 17.2 Å². The Morgan fingerprint density at radius 2 is 0.857 bits per heavy atom. The molecule has 0 aliphatic rings. The van der Waals surface area contributed by atoms with Gasteiger partial charge in [0.25, 0.3) is 0 Å². The molecule has 0 aliphatic carbocycles. The summed E-state index contributed by atoms with van der Waals surface area (Å²) in [6, 6.07) is 20.8. The lowest BCUT2D eigenvalue weighted by molar-refractivity contribution is -0.0328. The SMILES string of the molecule is OCC(CO)(CO)CO.OP(O)OP(O)O.c1ccc(-c2ccccc2)cc1. The smallest absolute Gasteiger partial charge is 0.334 e. The molecule has 0 atom stereocenters. The molecule has 8 N–H and O–H groups in total. The van der Waals surface area contributed by atoms with Crippen molar-refractivity contribution in [3.05, 3.63) is 60.7 Å². The van der Waals surface area contributed by atoms with Gasteiger partial charge in [-0.1, -0.05) is 60.7 Å². The molecule has 2 aromatic rings. The molecular weight excluding hydrogens is 410 g/mol. The Morgan fingerprint density at radius 3 is 1.00 bits per heavy atom. The molecular formula is C17H26O9P2. The summed E-state index contributed by atoms with van der Waals surface area (Å²) < 4.78 is 3.60. The van der Waals surface area contributed by atoms with Crippen molar-refractivity contribution in [1.29, 1.82) is 0 Å². The van der Waals surface area contributed by atoms with Gasteiger partial charge in [-0.05, 0) is 11.1 Å². The first kappa shape index (κ1) is 26.9. The average molecular weight is 436 g/mol. The van der Waals surface area contributed by atoms with Gasteiger partial charge in [-0.3, -0.25) is 0 Å². The maximum atomic E-state index is 8.50. The maximum Gasteiger partial charge on any atom is 0.334 e. The number of hydrogen-bond donors (Lipinski definition) is 8. The van der Waals surface area contributed by atoms with Crippen molar-refractivity contribution in [1.82, 2.24) is 0 Å². The van der Waals surface area contributed by atoms with Crippen LogP contribution in [0.25, 0.3) is 11.1 Å². The lowest BCUT2D eigenvalue weighted by Gasteiger charge is -2.23. The van der Waals surface area contributed by atoms with Gasteiger partial charge in [0, 0.05) is 0 Å². The van der Waals surface area contributed by atoms with Crippen LogP contribution >= 0.6 is 17.2 Å². The topological polar surface area (TPSA) is 171 Å². The van der Waals surface area contributed by atoms with E-state index in [0.29, 0.717) is 0 Å². The van der Waals surface area contributed by atoms with Crippen LogP contribution in [0.2, 0.25) is 0 Å². The van der Waals surface area contributed by atoms with Gasteiger partial charge in [0.2, 0.25) is 0 Å². The molecule has 0 radical (unpaired) electrons. The molecule has 0 saturated heterocycles. The zero-order chi connectivity index (χ0) is 21.4. The van der Waals surface area contributed by atoms with E-state index >= 15 is 0 Å². The van der Waals surface area contributed by atoms with E-state index in [-0.39, 0.29) is 0 Å². The average Bonchev–Trinajstić information content (AvgIpc) is 2.71. The van der Waals surface area contributed by atoms with Crippen LogP contribution in [-0.4, -0.2) is 66.4 Å². The fraction of sp³-hybridized carbons (Fsp3) is 0.294. The Morgan fingerprint density at radius 1 is 0.571 bits per heavy atom. The van der Waals surface area contributed by atoms with Gasteiger partial charge in [0.15, 0.2) is 0 Å². The van der Waals surface area contributed by atoms with E-state index in [4.69, 9.17) is 40.0 Å². The molecule has 0 saturated carbocycles. The van der Waals surface area contributed by atoms with Gasteiger partial charge < -0.3 is 40.0 Å². The Kier molecular flexibility index (Phi) is 15.2. The Bertz CT molecular complexity index is 535. The molecule has 0 unspecified atom stereocenters. The molecule has 2 aromatic carbocycles. The second-order valence-corrected chi connectivity index (χ2v) is 7.12. The van der Waals surface area contributed by atoms with Crippen LogP contribution in [0.4, 0.5) is 0 Å². The molecule has 0 amide bonds. The highest BCUT2D eigenvalue weighted by atomic mass is 31.2. The van der Waals surface area contributed by atoms with Crippen molar-refractivity contribution in [2.24, 2.45) is 5.41 Å². The number of hydrogen-bond acceptors (Lipinski definition) is 9. The van der Waals surface area contributed by atoms with Crippen LogP contribution in [0.5, 0.6) is 0 Å². The van der Waals surface area contributed by atoms with E-state index in [1.807, 2.05) is 12.1 Å². The molecule has 0 bridgehead atoms. The molecule has 158 valence electrons. The summed E-state index contributed by atoms with van der Waals surface area (Å²) >= 11 is 0. The molecule has 0 aromatic heterocycles. The van der Waals surface area contributed by atoms with E-state index in [0.717, 1.165) is 0 Å². The van der Waals surface area contributed by atoms with Crippen molar-refractivity contribution < 1.29 is 44.3 Å². The zero-order valence-electron chi connectivity index (χ0n) is 15.0. The molecule has 0 spiro atoms. The van der Waals surface area contributed by atoms with Gasteiger partial charge in [-0.15, -0.1) is 0 Å². The van der Waals surface area contributed by atoms with E-state index in [9.17, 15) is 0 Å². The second kappa shape index (κ2) is 15.8. The fourth-order valence-electron chi connectivity index (χ4n) is 1.63. The summed E-state index contributed by atoms with van der Waals surface area (Å²) in [7, 11) is -5.22. The first-order valence-corrected chi connectivity index (χ1v) is 10.2. The molecule has 11 heteroatoms. The standard InChI is InChI=1S/C12H10.C5H12O4.H4O5P2/c1-3-7-11(8-4-1)12-9-5-2-6-10-12;6-1-5(2-7,3-8)4-9;1-6(2)5-7(3)4/h1-10H;6-9H,1-4H2;1-4H. The third kappa shape index (κ3) is 11.7. The van der Waals surface area contributed by atoms with Gasteiger partial charge >= 0.3 is 17.2 Å². The van der Waals surface area contributed by atoms with Crippen LogP contribution in [0.3, 0.4) is 0 Å². The number of aliphatic hydroxyl groups excluding tert-OH is 4. The van der Waals surface area contributed by atoms with Gasteiger partial charge in [0.1, 0.15) is 0 Å². The van der Waals surface area contributed by atoms with Crippen LogP contribution in [0, 0.1) is 5.41 Å². The molecule has 0 fully saturated rings. The van der Waals surface area contributed by atoms with E-state index < -0.39 is 49.0 Å². The third-order valence-corrected chi connectivity index (χ3v) is 4.54. The van der Waals surface area contributed by atoms with Crippen LogP contribution in [0.1, 0.15) is 0 Å². The molecule has 28 heavy (non-hydrogen) atoms. The van der Waals surface area contributed by atoms with E-state index in [2.05, 4.69) is 52.8 Å². The summed E-state index contributed by atoms with van der Waals surface area (Å²) in [5.41, 5.74) is 1.44. The summed E-state index contributed by atoms with van der Waals surface area (Å²) in [4.78, 5) is 31.3. The van der Waals surface area contributed by atoms with Gasteiger partial charge in [-0.2, -0.15) is 0 Å². The molecule has 0 aliphatic heterocycles. The minimum Gasteiger partial charge on any atom is -0.396 e. The summed E-state index contributed by atoms with van der Waals surface area (Å²) in [6.07, 6.45) is 0. The van der Waals surface area contributed by atoms with Crippen LogP contribution in [-0.2, 0) is 4.31 Å².